The first kappa shape index (κ1) is 9.69. The van der Waals surface area contributed by atoms with E-state index in [4.69, 9.17) is 0 Å². The van der Waals surface area contributed by atoms with Gasteiger partial charge < -0.3 is 0 Å². The van der Waals surface area contributed by atoms with Gasteiger partial charge in [0.25, 0.3) is 0 Å². The molecule has 0 aromatic heterocycles. The zero-order valence-corrected chi connectivity index (χ0v) is 8.64. The molecule has 0 radical (unpaired) electrons. The van der Waals surface area contributed by atoms with E-state index in [9.17, 15) is 9.59 Å². The van der Waals surface area contributed by atoms with Crippen LogP contribution in [0, 0.1) is 11.3 Å². The van der Waals surface area contributed by atoms with E-state index in [0.29, 0.717) is 12.8 Å². The summed E-state index contributed by atoms with van der Waals surface area (Å²) < 4.78 is 0. The third-order valence-corrected chi connectivity index (χ3v) is 3.87. The van der Waals surface area contributed by atoms with Crippen molar-refractivity contribution in [1.82, 2.24) is 5.32 Å². The first-order valence-electron chi connectivity index (χ1n) is 5.43. The van der Waals surface area contributed by atoms with Crippen LogP contribution in [0.1, 0.15) is 45.4 Å². The summed E-state index contributed by atoms with van der Waals surface area (Å²) >= 11 is 0. The largest absolute Gasteiger partial charge is 0.296 e. The molecule has 1 heterocycles. The molecule has 0 aromatic carbocycles. The van der Waals surface area contributed by atoms with E-state index < -0.39 is 0 Å². The minimum atomic E-state index is -0.0839. The molecule has 1 saturated carbocycles. The van der Waals surface area contributed by atoms with Crippen molar-refractivity contribution in [1.29, 1.82) is 0 Å². The minimum absolute atomic E-state index is 0.0839. The lowest BCUT2D eigenvalue weighted by Gasteiger charge is -2.35. The molecule has 2 fully saturated rings. The van der Waals surface area contributed by atoms with E-state index in [-0.39, 0.29) is 23.1 Å². The molecule has 2 rings (SSSR count). The number of piperidine rings is 1. The monoisotopic (exact) mass is 195 g/mol. The lowest BCUT2D eigenvalue weighted by molar-refractivity contribution is -0.136. The fourth-order valence-electron chi connectivity index (χ4n) is 2.86. The first-order chi connectivity index (χ1) is 6.60. The van der Waals surface area contributed by atoms with Gasteiger partial charge in [0.15, 0.2) is 0 Å². The molecule has 1 aliphatic carbocycles. The predicted molar refractivity (Wildman–Crippen MR) is 52.4 cm³/mol. The maximum atomic E-state index is 11.3. The summed E-state index contributed by atoms with van der Waals surface area (Å²) in [7, 11) is 0. The number of amides is 2. The van der Waals surface area contributed by atoms with Crippen LogP contribution >= 0.6 is 0 Å². The fraction of sp³-hybridized carbons (Fsp3) is 0.818. The van der Waals surface area contributed by atoms with Crippen LogP contribution < -0.4 is 5.32 Å². The van der Waals surface area contributed by atoms with Crippen LogP contribution in [0.3, 0.4) is 0 Å². The van der Waals surface area contributed by atoms with Gasteiger partial charge in [-0.15, -0.1) is 0 Å². The quantitative estimate of drug-likeness (QED) is 0.646. The van der Waals surface area contributed by atoms with Gasteiger partial charge in [-0.25, -0.2) is 0 Å². The zero-order valence-electron chi connectivity index (χ0n) is 8.64. The van der Waals surface area contributed by atoms with E-state index in [0.717, 1.165) is 0 Å². The highest BCUT2D eigenvalue weighted by Gasteiger charge is 2.41. The molecule has 3 nitrogen and oxygen atoms in total. The van der Waals surface area contributed by atoms with Crippen molar-refractivity contribution in [2.24, 2.45) is 11.3 Å². The van der Waals surface area contributed by atoms with Crippen LogP contribution in [0.4, 0.5) is 0 Å². The average Bonchev–Trinajstić information content (AvgIpc) is 2.52. The van der Waals surface area contributed by atoms with Crippen molar-refractivity contribution in [3.8, 4) is 0 Å². The molecule has 14 heavy (non-hydrogen) atoms. The summed E-state index contributed by atoms with van der Waals surface area (Å²) in [6.07, 6.45) is 5.95. The molecule has 2 aliphatic rings. The second-order valence-corrected chi connectivity index (χ2v) is 4.94. The molecule has 78 valence electrons. The molecular weight excluding hydrogens is 178 g/mol. The summed E-state index contributed by atoms with van der Waals surface area (Å²) in [4.78, 5) is 22.5. The Balaban J connectivity index is 2.09. The van der Waals surface area contributed by atoms with Crippen molar-refractivity contribution in [2.45, 2.75) is 45.4 Å². The summed E-state index contributed by atoms with van der Waals surface area (Å²) in [5.41, 5.74) is 0.243. The van der Waals surface area contributed by atoms with Gasteiger partial charge in [0.05, 0.1) is 0 Å². The van der Waals surface area contributed by atoms with Gasteiger partial charge in [-0.3, -0.25) is 14.9 Å². The number of hydrogen-bond acceptors (Lipinski definition) is 2. The van der Waals surface area contributed by atoms with Crippen LogP contribution in [-0.4, -0.2) is 11.8 Å². The van der Waals surface area contributed by atoms with Crippen molar-refractivity contribution in [3.05, 3.63) is 0 Å². The number of hydrogen-bond donors (Lipinski definition) is 1. The Labute approximate surface area is 84.2 Å². The van der Waals surface area contributed by atoms with Crippen LogP contribution in [0.2, 0.25) is 0 Å². The van der Waals surface area contributed by atoms with Gasteiger partial charge >= 0.3 is 0 Å². The summed E-state index contributed by atoms with van der Waals surface area (Å²) in [6.45, 7) is 2.23. The summed E-state index contributed by atoms with van der Waals surface area (Å²) in [5, 5.41) is 2.37. The number of rotatable bonds is 1. The van der Waals surface area contributed by atoms with E-state index in [1.807, 2.05) is 0 Å². The van der Waals surface area contributed by atoms with Crippen molar-refractivity contribution in [3.63, 3.8) is 0 Å². The molecule has 0 bridgehead atoms. The van der Waals surface area contributed by atoms with E-state index in [1.54, 1.807) is 0 Å². The standard InChI is InChI=1S/C11H17NO2/c1-11(4-2-3-5-11)8-6-9(13)12-10(14)7-8/h8H,2-7H2,1H3,(H,12,13,14). The van der Waals surface area contributed by atoms with Gasteiger partial charge in [0.1, 0.15) is 0 Å². The molecule has 2 amide bonds. The Morgan fingerprint density at radius 1 is 1.14 bits per heavy atom. The van der Waals surface area contributed by atoms with Gasteiger partial charge in [0, 0.05) is 12.8 Å². The normalized spacial score (nSPS) is 27.8. The summed E-state index contributed by atoms with van der Waals surface area (Å²) in [5.74, 6) is 0.116. The Morgan fingerprint density at radius 3 is 2.14 bits per heavy atom. The van der Waals surface area contributed by atoms with Gasteiger partial charge in [-0.2, -0.15) is 0 Å². The molecule has 1 N–H and O–H groups in total. The topological polar surface area (TPSA) is 46.2 Å². The lowest BCUT2D eigenvalue weighted by Crippen LogP contribution is -2.43. The highest BCUT2D eigenvalue weighted by molar-refractivity contribution is 5.97. The van der Waals surface area contributed by atoms with Gasteiger partial charge in [-0.1, -0.05) is 19.8 Å². The molecule has 3 heteroatoms. The van der Waals surface area contributed by atoms with E-state index in [2.05, 4.69) is 12.2 Å². The fourth-order valence-corrected chi connectivity index (χ4v) is 2.86. The number of imide groups is 1. The van der Waals surface area contributed by atoms with Crippen molar-refractivity contribution < 1.29 is 9.59 Å². The Kier molecular flexibility index (Phi) is 2.33. The maximum absolute atomic E-state index is 11.3. The SMILES string of the molecule is CC1(C2CC(=O)NC(=O)C2)CCCC1. The molecule has 0 atom stereocenters. The van der Waals surface area contributed by atoms with Crippen LogP contribution in [-0.2, 0) is 9.59 Å². The molecule has 0 spiro atoms. The van der Waals surface area contributed by atoms with Gasteiger partial charge in [-0.05, 0) is 24.2 Å². The molecule has 1 aliphatic heterocycles. The van der Waals surface area contributed by atoms with Crippen LogP contribution in [0.25, 0.3) is 0 Å². The smallest absolute Gasteiger partial charge is 0.226 e. The molecular formula is C11H17NO2. The third-order valence-electron chi connectivity index (χ3n) is 3.87. The first-order valence-corrected chi connectivity index (χ1v) is 5.43. The summed E-state index contributed by atoms with van der Waals surface area (Å²) in [6, 6.07) is 0. The van der Waals surface area contributed by atoms with E-state index in [1.165, 1.54) is 25.7 Å². The minimum Gasteiger partial charge on any atom is -0.296 e. The molecule has 0 aromatic rings. The van der Waals surface area contributed by atoms with Crippen molar-refractivity contribution >= 4 is 11.8 Å². The maximum Gasteiger partial charge on any atom is 0.226 e. The molecule has 0 unspecified atom stereocenters. The van der Waals surface area contributed by atoms with Crippen LogP contribution in [0.5, 0.6) is 0 Å². The second kappa shape index (κ2) is 3.37. The zero-order chi connectivity index (χ0) is 10.2. The average molecular weight is 195 g/mol. The predicted octanol–water partition coefficient (Wildman–Crippen LogP) is 1.62. The third kappa shape index (κ3) is 1.68. The van der Waals surface area contributed by atoms with Crippen molar-refractivity contribution in [2.75, 3.05) is 0 Å². The van der Waals surface area contributed by atoms with Gasteiger partial charge in [0.2, 0.25) is 11.8 Å². The van der Waals surface area contributed by atoms with Crippen LogP contribution in [0.15, 0.2) is 0 Å². The highest BCUT2D eigenvalue weighted by atomic mass is 16.2. The lowest BCUT2D eigenvalue weighted by atomic mass is 9.71. The highest BCUT2D eigenvalue weighted by Crippen LogP contribution is 2.47. The second-order valence-electron chi connectivity index (χ2n) is 4.94. The Hall–Kier alpha value is -0.860. The number of carbonyl (C=O) groups is 2. The Morgan fingerprint density at radius 2 is 1.64 bits per heavy atom. The number of carbonyl (C=O) groups excluding carboxylic acids is 2. The number of nitrogens with one attached hydrogen (secondary N) is 1. The molecule has 1 saturated heterocycles. The van der Waals surface area contributed by atoms with E-state index >= 15 is 0 Å². The Bertz CT molecular complexity index is 250.